The lowest BCUT2D eigenvalue weighted by atomic mass is 10.1. The summed E-state index contributed by atoms with van der Waals surface area (Å²) in [6, 6.07) is 13.0. The third-order valence-electron chi connectivity index (χ3n) is 5.34. The van der Waals surface area contributed by atoms with Gasteiger partial charge in [0.1, 0.15) is 11.5 Å². The number of anilines is 1. The monoisotopic (exact) mass is 438 g/mol. The molecule has 1 saturated carbocycles. The van der Waals surface area contributed by atoms with Gasteiger partial charge in [0.2, 0.25) is 0 Å². The van der Waals surface area contributed by atoms with E-state index in [2.05, 4.69) is 15.6 Å². The molecule has 31 heavy (non-hydrogen) atoms. The molecule has 0 radical (unpaired) electrons. The van der Waals surface area contributed by atoms with Gasteiger partial charge < -0.3 is 10.6 Å². The number of benzene rings is 2. The van der Waals surface area contributed by atoms with E-state index in [1.54, 1.807) is 41.0 Å². The largest absolute Gasteiger partial charge is 0.349 e. The molecule has 0 unspecified atom stereocenters. The van der Waals surface area contributed by atoms with E-state index in [9.17, 15) is 14.0 Å². The molecule has 2 N–H and O–H groups in total. The fraction of sp³-hybridized carbons (Fsp3) is 0.261. The number of imidazole rings is 1. The molecule has 1 aliphatic carbocycles. The van der Waals surface area contributed by atoms with E-state index < -0.39 is 5.91 Å². The van der Waals surface area contributed by atoms with Crippen molar-refractivity contribution in [3.8, 4) is 5.69 Å². The third kappa shape index (κ3) is 4.64. The van der Waals surface area contributed by atoms with Gasteiger partial charge in [-0.1, -0.05) is 36.7 Å². The zero-order valence-corrected chi connectivity index (χ0v) is 17.9. The molecule has 2 aromatic carbocycles. The molecule has 0 bridgehead atoms. The summed E-state index contributed by atoms with van der Waals surface area (Å²) in [5.41, 5.74) is 1.77. The number of nitrogens with zero attached hydrogens (tertiary/aromatic N) is 2. The summed E-state index contributed by atoms with van der Waals surface area (Å²) in [5.74, 6) is -0.958. The van der Waals surface area contributed by atoms with Gasteiger partial charge in [0.05, 0.1) is 17.4 Å². The molecule has 1 fully saturated rings. The first-order valence-corrected chi connectivity index (χ1v) is 11.4. The molecular weight excluding hydrogens is 415 g/mol. The van der Waals surface area contributed by atoms with Crippen LogP contribution in [0, 0.1) is 5.82 Å². The molecule has 8 heteroatoms. The van der Waals surface area contributed by atoms with Gasteiger partial charge in [-0.05, 0) is 55.5 Å². The van der Waals surface area contributed by atoms with Crippen molar-refractivity contribution < 1.29 is 14.0 Å². The van der Waals surface area contributed by atoms with Gasteiger partial charge in [-0.3, -0.25) is 14.2 Å². The molecule has 0 saturated heterocycles. The Bertz CT molecular complexity index is 1090. The molecule has 0 spiro atoms. The van der Waals surface area contributed by atoms with Gasteiger partial charge in [-0.2, -0.15) is 0 Å². The number of halogens is 1. The second-order valence-electron chi connectivity index (χ2n) is 7.40. The zero-order chi connectivity index (χ0) is 21.8. The van der Waals surface area contributed by atoms with Crippen molar-refractivity contribution >= 4 is 29.3 Å². The number of hydrogen-bond acceptors (Lipinski definition) is 4. The van der Waals surface area contributed by atoms with Crippen LogP contribution in [0.15, 0.2) is 59.9 Å². The van der Waals surface area contributed by atoms with Crippen molar-refractivity contribution in [3.63, 3.8) is 0 Å². The van der Waals surface area contributed by atoms with E-state index in [0.29, 0.717) is 27.8 Å². The Kier molecular flexibility index (Phi) is 6.36. The number of nitrogens with one attached hydrogen (secondary N) is 2. The quantitative estimate of drug-likeness (QED) is 0.549. The van der Waals surface area contributed by atoms with Gasteiger partial charge in [-0.25, -0.2) is 9.37 Å². The Morgan fingerprint density at radius 1 is 1.06 bits per heavy atom. The van der Waals surface area contributed by atoms with Crippen LogP contribution < -0.4 is 10.6 Å². The van der Waals surface area contributed by atoms with E-state index in [-0.39, 0.29) is 17.8 Å². The summed E-state index contributed by atoms with van der Waals surface area (Å²) in [6.07, 6.45) is 7.53. The normalized spacial score (nSPS) is 13.9. The number of carbonyl (C=O) groups is 2. The standard InChI is InChI=1S/C23H23FN4O2S/c1-31-23-25-14-20(28(23)17-12-10-15(24)11-13-17)22(30)27-19-9-5-4-8-18(19)21(29)26-16-6-2-3-7-16/h4-5,8-14,16H,2-3,6-7H2,1H3,(H,26,29)(H,27,30). The van der Waals surface area contributed by atoms with Gasteiger partial charge in [-0.15, -0.1) is 0 Å². The van der Waals surface area contributed by atoms with Crippen LogP contribution in [0.4, 0.5) is 10.1 Å². The summed E-state index contributed by atoms with van der Waals surface area (Å²) in [6.45, 7) is 0. The van der Waals surface area contributed by atoms with Crippen molar-refractivity contribution in [2.45, 2.75) is 36.9 Å². The molecule has 1 aliphatic rings. The number of carbonyl (C=O) groups excluding carboxylic acids is 2. The van der Waals surface area contributed by atoms with Crippen LogP contribution in [0.3, 0.4) is 0 Å². The highest BCUT2D eigenvalue weighted by molar-refractivity contribution is 7.98. The summed E-state index contributed by atoms with van der Waals surface area (Å²) in [5, 5.41) is 6.51. The maximum atomic E-state index is 13.4. The second-order valence-corrected chi connectivity index (χ2v) is 8.17. The smallest absolute Gasteiger partial charge is 0.274 e. The first kappa shape index (κ1) is 21.1. The van der Waals surface area contributed by atoms with Crippen molar-refractivity contribution in [2.24, 2.45) is 0 Å². The summed E-state index contributed by atoms with van der Waals surface area (Å²) in [4.78, 5) is 30.2. The fourth-order valence-corrected chi connectivity index (χ4v) is 4.33. The SMILES string of the molecule is CSc1ncc(C(=O)Nc2ccccc2C(=O)NC2CCCC2)n1-c1ccc(F)cc1. The van der Waals surface area contributed by atoms with Crippen LogP contribution in [-0.4, -0.2) is 33.7 Å². The molecule has 1 heterocycles. The Labute approximate surface area is 184 Å². The number of hydrogen-bond donors (Lipinski definition) is 2. The number of amides is 2. The minimum Gasteiger partial charge on any atom is -0.349 e. The Hall–Kier alpha value is -3.13. The van der Waals surface area contributed by atoms with Gasteiger partial charge in [0.25, 0.3) is 11.8 Å². The fourth-order valence-electron chi connectivity index (χ4n) is 3.79. The average Bonchev–Trinajstić information content (AvgIpc) is 3.44. The predicted molar refractivity (Wildman–Crippen MR) is 119 cm³/mol. The minimum absolute atomic E-state index is 0.181. The minimum atomic E-state index is -0.404. The first-order chi connectivity index (χ1) is 15.1. The van der Waals surface area contributed by atoms with Crippen LogP contribution in [0.25, 0.3) is 5.69 Å². The van der Waals surface area contributed by atoms with Crippen LogP contribution in [0.1, 0.15) is 46.5 Å². The summed E-state index contributed by atoms with van der Waals surface area (Å²) in [7, 11) is 0. The summed E-state index contributed by atoms with van der Waals surface area (Å²) >= 11 is 1.38. The molecule has 6 nitrogen and oxygen atoms in total. The lowest BCUT2D eigenvalue weighted by Gasteiger charge is -2.15. The highest BCUT2D eigenvalue weighted by Crippen LogP contribution is 2.24. The molecule has 4 rings (SSSR count). The highest BCUT2D eigenvalue weighted by atomic mass is 32.2. The highest BCUT2D eigenvalue weighted by Gasteiger charge is 2.22. The van der Waals surface area contributed by atoms with E-state index in [4.69, 9.17) is 0 Å². The van der Waals surface area contributed by atoms with Crippen LogP contribution in [0.5, 0.6) is 0 Å². The number of para-hydroxylation sites is 1. The second kappa shape index (κ2) is 9.34. The number of aromatic nitrogens is 2. The molecular formula is C23H23FN4O2S. The van der Waals surface area contributed by atoms with Gasteiger partial charge >= 0.3 is 0 Å². The van der Waals surface area contributed by atoms with E-state index in [1.165, 1.54) is 30.1 Å². The van der Waals surface area contributed by atoms with Crippen molar-refractivity contribution in [3.05, 3.63) is 71.8 Å². The van der Waals surface area contributed by atoms with E-state index >= 15 is 0 Å². The number of rotatable bonds is 6. The molecule has 3 aromatic rings. The molecule has 2 amide bonds. The van der Waals surface area contributed by atoms with Crippen molar-refractivity contribution in [2.75, 3.05) is 11.6 Å². The maximum absolute atomic E-state index is 13.4. The lowest BCUT2D eigenvalue weighted by Crippen LogP contribution is -2.33. The van der Waals surface area contributed by atoms with Gasteiger partial charge in [0, 0.05) is 11.7 Å². The number of thioether (sulfide) groups is 1. The third-order valence-corrected chi connectivity index (χ3v) is 5.99. The topological polar surface area (TPSA) is 76.0 Å². The van der Waals surface area contributed by atoms with Crippen LogP contribution >= 0.6 is 11.8 Å². The molecule has 0 aliphatic heterocycles. The average molecular weight is 439 g/mol. The Balaban J connectivity index is 1.60. The van der Waals surface area contributed by atoms with Crippen molar-refractivity contribution in [1.82, 2.24) is 14.9 Å². The first-order valence-electron chi connectivity index (χ1n) is 10.2. The molecule has 1 aromatic heterocycles. The lowest BCUT2D eigenvalue weighted by molar-refractivity contribution is 0.0938. The molecule has 160 valence electrons. The Morgan fingerprint density at radius 2 is 1.77 bits per heavy atom. The summed E-state index contributed by atoms with van der Waals surface area (Å²) < 4.78 is 15.0. The van der Waals surface area contributed by atoms with E-state index in [1.807, 2.05) is 6.26 Å². The zero-order valence-electron chi connectivity index (χ0n) is 17.1. The van der Waals surface area contributed by atoms with Crippen LogP contribution in [-0.2, 0) is 0 Å². The predicted octanol–water partition coefficient (Wildman–Crippen LogP) is 4.66. The molecule has 0 atom stereocenters. The maximum Gasteiger partial charge on any atom is 0.274 e. The van der Waals surface area contributed by atoms with E-state index in [0.717, 1.165) is 25.7 Å². The van der Waals surface area contributed by atoms with Crippen molar-refractivity contribution in [1.29, 1.82) is 0 Å². The Morgan fingerprint density at radius 3 is 2.48 bits per heavy atom. The van der Waals surface area contributed by atoms with Crippen LogP contribution in [0.2, 0.25) is 0 Å². The van der Waals surface area contributed by atoms with Gasteiger partial charge in [0.15, 0.2) is 5.16 Å².